The van der Waals surface area contributed by atoms with Crippen molar-refractivity contribution in [1.29, 1.82) is 0 Å². The molecule has 3 heteroatoms. The molecule has 0 bridgehead atoms. The van der Waals surface area contributed by atoms with Crippen LogP contribution in [-0.2, 0) is 0 Å². The summed E-state index contributed by atoms with van der Waals surface area (Å²) < 4.78 is 6.14. The van der Waals surface area contributed by atoms with Crippen molar-refractivity contribution in [2.45, 2.75) is 0 Å². The Balaban J connectivity index is 1.22. The average Bonchev–Trinajstić information content (AvgIpc) is 3.56. The molecule has 0 N–H and O–H groups in total. The van der Waals surface area contributed by atoms with Crippen LogP contribution in [0.15, 0.2) is 174 Å². The molecule has 2 heterocycles. The van der Waals surface area contributed by atoms with E-state index < -0.39 is 0 Å². The van der Waals surface area contributed by atoms with Gasteiger partial charge in [-0.05, 0) is 74.5 Å². The van der Waals surface area contributed by atoms with Gasteiger partial charge in [0.25, 0.3) is 0 Å². The van der Waals surface area contributed by atoms with E-state index in [4.69, 9.17) is 14.4 Å². The maximum atomic E-state index is 6.14. The van der Waals surface area contributed by atoms with Gasteiger partial charge in [-0.25, -0.2) is 4.98 Å². The van der Waals surface area contributed by atoms with Crippen LogP contribution in [0.4, 0.5) is 0 Å². The Kier molecular flexibility index (Phi) is 6.18. The Morgan fingerprint density at radius 2 is 0.898 bits per heavy atom. The third kappa shape index (κ3) is 4.51. The molecule has 10 aromatic rings. The number of para-hydroxylation sites is 1. The van der Waals surface area contributed by atoms with Crippen LogP contribution >= 0.6 is 0 Å². The molecule has 49 heavy (non-hydrogen) atoms. The molecule has 10 rings (SSSR count). The molecule has 0 saturated carbocycles. The van der Waals surface area contributed by atoms with Crippen molar-refractivity contribution in [3.05, 3.63) is 170 Å². The third-order valence-electron chi connectivity index (χ3n) is 9.72. The largest absolute Gasteiger partial charge is 0.456 e. The summed E-state index contributed by atoms with van der Waals surface area (Å²) in [5.41, 5.74) is 12.3. The number of aromatic nitrogens is 2. The number of fused-ring (bicyclic) bond motifs is 9. The summed E-state index contributed by atoms with van der Waals surface area (Å²) in [7, 11) is 0. The Morgan fingerprint density at radius 3 is 1.61 bits per heavy atom. The molecule has 0 aliphatic heterocycles. The highest BCUT2D eigenvalue weighted by atomic mass is 16.3. The number of hydrogen-bond donors (Lipinski definition) is 0. The molecule has 0 aliphatic carbocycles. The van der Waals surface area contributed by atoms with Crippen molar-refractivity contribution >= 4 is 54.5 Å². The summed E-state index contributed by atoms with van der Waals surface area (Å²) in [4.78, 5) is 10.7. The normalized spacial score (nSPS) is 11.7. The minimum absolute atomic E-state index is 0.838. The van der Waals surface area contributed by atoms with Gasteiger partial charge in [-0.15, -0.1) is 0 Å². The fourth-order valence-corrected chi connectivity index (χ4v) is 7.33. The first-order chi connectivity index (χ1) is 24.3. The number of rotatable bonds is 4. The molecule has 2 aromatic heterocycles. The Labute approximate surface area is 282 Å². The highest BCUT2D eigenvalue weighted by molar-refractivity contribution is 6.24. The van der Waals surface area contributed by atoms with E-state index in [0.29, 0.717) is 0 Å². The Hall–Kier alpha value is -6.58. The van der Waals surface area contributed by atoms with Crippen LogP contribution in [0.3, 0.4) is 0 Å². The van der Waals surface area contributed by atoms with Gasteiger partial charge in [0.2, 0.25) is 0 Å². The predicted molar refractivity (Wildman–Crippen MR) is 204 cm³/mol. The number of hydrogen-bond acceptors (Lipinski definition) is 3. The van der Waals surface area contributed by atoms with Gasteiger partial charge < -0.3 is 4.42 Å². The standard InChI is InChI=1S/C46H28N2O/c1-3-11-29(12-4-1)31-19-22-35-36-23-20-32(30-13-5-2-6-14-30)26-41(36)46-45(40(35)25-31)47-28-42(48-46)37-16-8-7-15-34(37)33-21-24-44-39(27-33)38-17-9-10-18-43(38)49-44/h1-28H. The molecule has 0 radical (unpaired) electrons. The minimum atomic E-state index is 0.838. The van der Waals surface area contributed by atoms with Gasteiger partial charge in [0, 0.05) is 27.1 Å². The number of furan rings is 1. The molecule has 0 saturated heterocycles. The lowest BCUT2D eigenvalue weighted by molar-refractivity contribution is 0.669. The predicted octanol–water partition coefficient (Wildman–Crippen LogP) is 12.5. The number of benzene rings is 8. The summed E-state index contributed by atoms with van der Waals surface area (Å²) >= 11 is 0. The van der Waals surface area contributed by atoms with Crippen LogP contribution in [-0.4, -0.2) is 9.97 Å². The van der Waals surface area contributed by atoms with Gasteiger partial charge in [0.1, 0.15) is 11.2 Å². The molecule has 0 atom stereocenters. The summed E-state index contributed by atoms with van der Waals surface area (Å²) in [6.45, 7) is 0. The van der Waals surface area contributed by atoms with E-state index in [9.17, 15) is 0 Å². The van der Waals surface area contributed by atoms with Crippen molar-refractivity contribution in [2.75, 3.05) is 0 Å². The molecule has 228 valence electrons. The molecule has 0 unspecified atom stereocenters. The summed E-state index contributed by atoms with van der Waals surface area (Å²) in [6, 6.07) is 57.7. The van der Waals surface area contributed by atoms with E-state index in [1.807, 2.05) is 18.3 Å². The van der Waals surface area contributed by atoms with Crippen molar-refractivity contribution in [3.8, 4) is 44.6 Å². The second-order valence-corrected chi connectivity index (χ2v) is 12.6. The summed E-state index contributed by atoms with van der Waals surface area (Å²) in [6.07, 6.45) is 1.94. The van der Waals surface area contributed by atoms with Crippen molar-refractivity contribution < 1.29 is 4.42 Å². The Morgan fingerprint density at radius 1 is 0.347 bits per heavy atom. The van der Waals surface area contributed by atoms with Gasteiger partial charge in [0.15, 0.2) is 0 Å². The SMILES string of the molecule is c1ccc(-c2ccc3c4ccc(-c5ccccc5)cc4c4nc(-c5ccccc5-c5ccc6oc7ccccc7c6c5)cnc4c3c2)cc1. The van der Waals surface area contributed by atoms with Crippen molar-refractivity contribution in [1.82, 2.24) is 9.97 Å². The third-order valence-corrected chi connectivity index (χ3v) is 9.72. The second-order valence-electron chi connectivity index (χ2n) is 12.6. The maximum absolute atomic E-state index is 6.14. The van der Waals surface area contributed by atoms with E-state index in [0.717, 1.165) is 77.3 Å². The molecule has 0 spiro atoms. The lowest BCUT2D eigenvalue weighted by atomic mass is 9.93. The minimum Gasteiger partial charge on any atom is -0.456 e. The molecular formula is C46H28N2O. The van der Waals surface area contributed by atoms with Gasteiger partial charge >= 0.3 is 0 Å². The molecule has 0 fully saturated rings. The van der Waals surface area contributed by atoms with Crippen LogP contribution < -0.4 is 0 Å². The first-order valence-corrected chi connectivity index (χ1v) is 16.6. The summed E-state index contributed by atoms with van der Waals surface area (Å²) in [5.74, 6) is 0. The second kappa shape index (κ2) is 11.0. The van der Waals surface area contributed by atoms with Crippen molar-refractivity contribution in [3.63, 3.8) is 0 Å². The van der Waals surface area contributed by atoms with Crippen molar-refractivity contribution in [2.24, 2.45) is 0 Å². The number of nitrogens with zero attached hydrogens (tertiary/aromatic N) is 2. The van der Waals surface area contributed by atoms with E-state index in [-0.39, 0.29) is 0 Å². The quantitative estimate of drug-likeness (QED) is 0.183. The monoisotopic (exact) mass is 624 g/mol. The van der Waals surface area contributed by atoms with Crippen LogP contribution in [0.2, 0.25) is 0 Å². The molecular weight excluding hydrogens is 597 g/mol. The zero-order valence-electron chi connectivity index (χ0n) is 26.5. The summed E-state index contributed by atoms with van der Waals surface area (Å²) in [5, 5.41) is 6.75. The van der Waals surface area contributed by atoms with Gasteiger partial charge in [-0.3, -0.25) is 4.98 Å². The van der Waals surface area contributed by atoms with Gasteiger partial charge in [-0.2, -0.15) is 0 Å². The molecule has 0 amide bonds. The van der Waals surface area contributed by atoms with E-state index in [2.05, 4.69) is 152 Å². The fourth-order valence-electron chi connectivity index (χ4n) is 7.33. The van der Waals surface area contributed by atoms with Crippen LogP contribution in [0.5, 0.6) is 0 Å². The van der Waals surface area contributed by atoms with Gasteiger partial charge in [-0.1, -0.05) is 133 Å². The lowest BCUT2D eigenvalue weighted by Crippen LogP contribution is -1.94. The topological polar surface area (TPSA) is 38.9 Å². The zero-order chi connectivity index (χ0) is 32.3. The van der Waals surface area contributed by atoms with Crippen LogP contribution in [0.25, 0.3) is 99.2 Å². The lowest BCUT2D eigenvalue weighted by Gasteiger charge is -2.14. The van der Waals surface area contributed by atoms with Crippen LogP contribution in [0, 0.1) is 0 Å². The molecule has 8 aromatic carbocycles. The van der Waals surface area contributed by atoms with Gasteiger partial charge in [0.05, 0.1) is 22.9 Å². The Bertz CT molecular complexity index is 2870. The van der Waals surface area contributed by atoms with E-state index in [1.54, 1.807) is 0 Å². The molecule has 3 nitrogen and oxygen atoms in total. The maximum Gasteiger partial charge on any atom is 0.135 e. The highest BCUT2D eigenvalue weighted by Gasteiger charge is 2.17. The highest BCUT2D eigenvalue weighted by Crippen LogP contribution is 2.40. The molecule has 0 aliphatic rings. The van der Waals surface area contributed by atoms with E-state index >= 15 is 0 Å². The average molecular weight is 625 g/mol. The van der Waals surface area contributed by atoms with E-state index in [1.165, 1.54) is 21.9 Å². The van der Waals surface area contributed by atoms with Crippen LogP contribution in [0.1, 0.15) is 0 Å². The first kappa shape index (κ1) is 27.5. The first-order valence-electron chi connectivity index (χ1n) is 16.6. The smallest absolute Gasteiger partial charge is 0.135 e. The zero-order valence-corrected chi connectivity index (χ0v) is 26.5. The fraction of sp³-hybridized carbons (Fsp3) is 0.